The van der Waals surface area contributed by atoms with Gasteiger partial charge in [0.15, 0.2) is 6.10 Å². The highest BCUT2D eigenvalue weighted by atomic mass is 16.4. The van der Waals surface area contributed by atoms with Gasteiger partial charge in [0.1, 0.15) is 0 Å². The minimum Gasteiger partial charge on any atom is -0.479 e. The van der Waals surface area contributed by atoms with E-state index in [0.717, 1.165) is 25.2 Å². The second-order valence-electron chi connectivity index (χ2n) is 6.25. The van der Waals surface area contributed by atoms with Crippen LogP contribution in [0.3, 0.4) is 0 Å². The van der Waals surface area contributed by atoms with Crippen molar-refractivity contribution < 1.29 is 19.8 Å². The minimum absolute atomic E-state index is 0.0339. The van der Waals surface area contributed by atoms with Gasteiger partial charge in [-0.3, -0.25) is 4.79 Å². The number of hydrogen-bond acceptors (Lipinski definition) is 3. The van der Waals surface area contributed by atoms with E-state index in [1.54, 1.807) is 0 Å². The molecule has 0 saturated heterocycles. The first kappa shape index (κ1) is 15.3. The van der Waals surface area contributed by atoms with Gasteiger partial charge >= 0.3 is 5.97 Å². The molecule has 5 heteroatoms. The molecule has 5 nitrogen and oxygen atoms in total. The molecule has 0 aromatic rings. The number of carboxylic acid groups (broad SMARTS) is 1. The monoisotopic (exact) mass is 283 g/mol. The number of carbonyl (C=O) groups excluding carboxylic acids is 1. The molecule has 0 aromatic heterocycles. The van der Waals surface area contributed by atoms with Crippen molar-refractivity contribution in [3.63, 3.8) is 0 Å². The predicted molar refractivity (Wildman–Crippen MR) is 74.1 cm³/mol. The van der Waals surface area contributed by atoms with Crippen molar-refractivity contribution in [3.8, 4) is 0 Å². The van der Waals surface area contributed by atoms with Crippen LogP contribution in [0.1, 0.15) is 51.4 Å². The van der Waals surface area contributed by atoms with Crippen molar-refractivity contribution in [1.82, 2.24) is 5.32 Å². The number of fused-ring (bicyclic) bond motifs is 1. The highest BCUT2D eigenvalue weighted by Gasteiger charge is 2.34. The Morgan fingerprint density at radius 2 is 1.80 bits per heavy atom. The van der Waals surface area contributed by atoms with Crippen molar-refractivity contribution in [3.05, 3.63) is 0 Å². The second kappa shape index (κ2) is 7.07. The lowest BCUT2D eigenvalue weighted by molar-refractivity contribution is -0.147. The van der Waals surface area contributed by atoms with Crippen LogP contribution in [0, 0.1) is 17.8 Å². The molecule has 1 amide bonds. The molecular weight excluding hydrogens is 258 g/mol. The molecule has 2 aliphatic rings. The van der Waals surface area contributed by atoms with E-state index >= 15 is 0 Å². The van der Waals surface area contributed by atoms with Crippen LogP contribution in [0.15, 0.2) is 0 Å². The third-order valence-electron chi connectivity index (χ3n) is 4.91. The molecule has 0 bridgehead atoms. The molecule has 0 spiro atoms. The minimum atomic E-state index is -1.38. The summed E-state index contributed by atoms with van der Waals surface area (Å²) in [6.07, 6.45) is 6.98. The van der Waals surface area contributed by atoms with E-state index in [1.807, 2.05) is 0 Å². The Morgan fingerprint density at radius 1 is 1.10 bits per heavy atom. The molecule has 4 atom stereocenters. The number of aliphatic hydroxyl groups is 1. The van der Waals surface area contributed by atoms with Crippen LogP contribution in [0.2, 0.25) is 0 Å². The fraction of sp³-hybridized carbons (Fsp3) is 0.867. The van der Waals surface area contributed by atoms with E-state index in [-0.39, 0.29) is 24.8 Å². The first-order valence-electron chi connectivity index (χ1n) is 7.76. The zero-order chi connectivity index (χ0) is 14.5. The molecule has 0 radical (unpaired) electrons. The van der Waals surface area contributed by atoms with Crippen molar-refractivity contribution in [2.24, 2.45) is 17.8 Å². The summed E-state index contributed by atoms with van der Waals surface area (Å²) in [5.41, 5.74) is 0. The summed E-state index contributed by atoms with van der Waals surface area (Å²) in [5, 5.41) is 20.5. The third-order valence-corrected chi connectivity index (χ3v) is 4.91. The lowest BCUT2D eigenvalue weighted by Gasteiger charge is -2.38. The zero-order valence-corrected chi connectivity index (χ0v) is 11.9. The number of hydrogen-bond donors (Lipinski definition) is 3. The Kier molecular flexibility index (Phi) is 5.40. The summed E-state index contributed by atoms with van der Waals surface area (Å²) in [4.78, 5) is 22.6. The Labute approximate surface area is 119 Å². The van der Waals surface area contributed by atoms with Gasteiger partial charge in [-0.05, 0) is 31.1 Å². The van der Waals surface area contributed by atoms with Crippen molar-refractivity contribution in [1.29, 1.82) is 0 Å². The Bertz CT molecular complexity index is 358. The van der Waals surface area contributed by atoms with E-state index in [9.17, 15) is 9.59 Å². The van der Waals surface area contributed by atoms with Gasteiger partial charge in [-0.25, -0.2) is 4.79 Å². The normalized spacial score (nSPS) is 31.1. The molecule has 2 aliphatic carbocycles. The standard InChI is InChI=1S/C15H25NO4/c17-13(15(19)20)7-8-16-14(18)12-6-5-10-3-1-2-4-11(10)9-12/h10-13,17H,1-9H2,(H,16,18)(H,19,20). The average Bonchev–Trinajstić information content (AvgIpc) is 2.46. The Balaban J connectivity index is 1.71. The predicted octanol–water partition coefficient (Wildman–Crippen LogP) is 1.54. The lowest BCUT2D eigenvalue weighted by atomic mass is 9.67. The molecule has 4 unspecified atom stereocenters. The quantitative estimate of drug-likeness (QED) is 0.714. The maximum atomic E-state index is 12.1. The van der Waals surface area contributed by atoms with Crippen LogP contribution in [0.4, 0.5) is 0 Å². The molecule has 3 N–H and O–H groups in total. The third kappa shape index (κ3) is 3.95. The molecule has 2 saturated carbocycles. The number of carbonyl (C=O) groups is 2. The van der Waals surface area contributed by atoms with Gasteiger partial charge in [0, 0.05) is 18.9 Å². The van der Waals surface area contributed by atoms with Gasteiger partial charge in [0.2, 0.25) is 5.91 Å². The average molecular weight is 283 g/mol. The molecule has 0 aliphatic heterocycles. The van der Waals surface area contributed by atoms with Crippen LogP contribution >= 0.6 is 0 Å². The topological polar surface area (TPSA) is 86.6 Å². The summed E-state index contributed by atoms with van der Waals surface area (Å²) < 4.78 is 0. The van der Waals surface area contributed by atoms with E-state index in [0.29, 0.717) is 5.92 Å². The van der Waals surface area contributed by atoms with E-state index in [2.05, 4.69) is 5.32 Å². The Morgan fingerprint density at radius 3 is 2.50 bits per heavy atom. The number of aliphatic hydroxyl groups excluding tert-OH is 1. The maximum Gasteiger partial charge on any atom is 0.332 e. The molecule has 114 valence electrons. The largest absolute Gasteiger partial charge is 0.479 e. The molecule has 2 rings (SSSR count). The number of amides is 1. The van der Waals surface area contributed by atoms with Gasteiger partial charge < -0.3 is 15.5 Å². The smallest absolute Gasteiger partial charge is 0.332 e. The SMILES string of the molecule is O=C(O)C(O)CCNC(=O)C1CCC2CCCCC2C1. The second-order valence-corrected chi connectivity index (χ2v) is 6.25. The van der Waals surface area contributed by atoms with Crippen molar-refractivity contribution in [2.75, 3.05) is 6.54 Å². The fourth-order valence-corrected chi connectivity index (χ4v) is 3.71. The summed E-state index contributed by atoms with van der Waals surface area (Å²) in [6, 6.07) is 0. The van der Waals surface area contributed by atoms with E-state index in [4.69, 9.17) is 10.2 Å². The highest BCUT2D eigenvalue weighted by molar-refractivity contribution is 5.78. The molecule has 2 fully saturated rings. The summed E-state index contributed by atoms with van der Waals surface area (Å²) in [6.45, 7) is 0.233. The van der Waals surface area contributed by atoms with Crippen LogP contribution < -0.4 is 5.32 Å². The molecule has 0 heterocycles. The molecule has 20 heavy (non-hydrogen) atoms. The molecule has 0 aromatic carbocycles. The zero-order valence-electron chi connectivity index (χ0n) is 11.9. The summed E-state index contributed by atoms with van der Waals surface area (Å²) >= 11 is 0. The number of aliphatic carboxylic acids is 1. The first-order valence-corrected chi connectivity index (χ1v) is 7.76. The summed E-state index contributed by atoms with van der Waals surface area (Å²) in [7, 11) is 0. The maximum absolute atomic E-state index is 12.1. The Hall–Kier alpha value is -1.10. The number of nitrogens with one attached hydrogen (secondary N) is 1. The van der Waals surface area contributed by atoms with Crippen LogP contribution in [-0.4, -0.2) is 34.7 Å². The number of carboxylic acids is 1. The van der Waals surface area contributed by atoms with Gasteiger partial charge in [-0.2, -0.15) is 0 Å². The summed E-state index contributed by atoms with van der Waals surface area (Å²) in [5.74, 6) is 0.407. The fourth-order valence-electron chi connectivity index (χ4n) is 3.71. The van der Waals surface area contributed by atoms with Crippen LogP contribution in [-0.2, 0) is 9.59 Å². The number of rotatable bonds is 5. The van der Waals surface area contributed by atoms with Gasteiger partial charge in [-0.15, -0.1) is 0 Å². The molecular formula is C15H25NO4. The van der Waals surface area contributed by atoms with Gasteiger partial charge in [0.05, 0.1) is 0 Å². The van der Waals surface area contributed by atoms with Crippen LogP contribution in [0.25, 0.3) is 0 Å². The highest BCUT2D eigenvalue weighted by Crippen LogP contribution is 2.42. The van der Waals surface area contributed by atoms with Crippen LogP contribution in [0.5, 0.6) is 0 Å². The van der Waals surface area contributed by atoms with Gasteiger partial charge in [-0.1, -0.05) is 25.7 Å². The first-order chi connectivity index (χ1) is 9.58. The van der Waals surface area contributed by atoms with Crippen molar-refractivity contribution >= 4 is 11.9 Å². The van der Waals surface area contributed by atoms with E-state index in [1.165, 1.54) is 25.7 Å². The van der Waals surface area contributed by atoms with Gasteiger partial charge in [0.25, 0.3) is 0 Å². The van der Waals surface area contributed by atoms with E-state index < -0.39 is 12.1 Å². The van der Waals surface area contributed by atoms with Crippen molar-refractivity contribution in [2.45, 2.75) is 57.5 Å². The lowest BCUT2D eigenvalue weighted by Crippen LogP contribution is -2.38.